The van der Waals surface area contributed by atoms with Gasteiger partial charge in [-0.1, -0.05) is 0 Å². The third-order valence-corrected chi connectivity index (χ3v) is 3.27. The Morgan fingerprint density at radius 2 is 2.28 bits per heavy atom. The minimum absolute atomic E-state index is 0. The largest absolute Gasteiger partial charge is 0.356 e. The molecule has 4 nitrogen and oxygen atoms in total. The van der Waals surface area contributed by atoms with Crippen molar-refractivity contribution in [1.82, 2.24) is 14.8 Å². The van der Waals surface area contributed by atoms with Crippen LogP contribution in [-0.2, 0) is 13.6 Å². The number of guanidine groups is 1. The predicted octanol–water partition coefficient (Wildman–Crippen LogP) is 2.06. The maximum absolute atomic E-state index is 4.32. The van der Waals surface area contributed by atoms with E-state index in [4.69, 9.17) is 0 Å². The van der Waals surface area contributed by atoms with Crippen molar-refractivity contribution in [3.05, 3.63) is 24.0 Å². The van der Waals surface area contributed by atoms with Crippen molar-refractivity contribution < 1.29 is 0 Å². The zero-order valence-corrected chi connectivity index (χ0v) is 13.7. The molecule has 18 heavy (non-hydrogen) atoms. The molecule has 2 rings (SSSR count). The van der Waals surface area contributed by atoms with Crippen LogP contribution in [0.5, 0.6) is 0 Å². The van der Waals surface area contributed by atoms with Gasteiger partial charge < -0.3 is 14.8 Å². The van der Waals surface area contributed by atoms with E-state index in [2.05, 4.69) is 52.2 Å². The fourth-order valence-electron chi connectivity index (χ4n) is 1.92. The summed E-state index contributed by atoms with van der Waals surface area (Å²) in [5.74, 6) is 1.85. The van der Waals surface area contributed by atoms with Crippen LogP contribution in [0.25, 0.3) is 0 Å². The smallest absolute Gasteiger partial charge is 0.193 e. The zero-order chi connectivity index (χ0) is 12.3. The zero-order valence-electron chi connectivity index (χ0n) is 11.4. The quantitative estimate of drug-likeness (QED) is 0.505. The molecule has 1 aromatic rings. The number of nitrogens with zero attached hydrogens (tertiary/aromatic N) is 3. The van der Waals surface area contributed by atoms with E-state index in [0.29, 0.717) is 0 Å². The normalized spacial score (nSPS) is 15.2. The Bertz CT molecular complexity index is 395. The van der Waals surface area contributed by atoms with Crippen LogP contribution >= 0.6 is 24.0 Å². The van der Waals surface area contributed by atoms with E-state index in [1.165, 1.54) is 18.5 Å². The van der Waals surface area contributed by atoms with E-state index in [-0.39, 0.29) is 24.0 Å². The van der Waals surface area contributed by atoms with Gasteiger partial charge in [-0.15, -0.1) is 24.0 Å². The first-order chi connectivity index (χ1) is 8.20. The molecular weight excluding hydrogens is 339 g/mol. The molecule has 1 saturated carbocycles. The lowest BCUT2D eigenvalue weighted by atomic mass is 10.4. The van der Waals surface area contributed by atoms with Crippen LogP contribution in [0.2, 0.25) is 0 Å². The second-order valence-electron chi connectivity index (χ2n) is 4.84. The summed E-state index contributed by atoms with van der Waals surface area (Å²) in [5.41, 5.74) is 1.29. The SMILES string of the molecule is CN=C(NCC1CC1)N(C)Cc1cccn1C.I. The average Bonchev–Trinajstić information content (AvgIpc) is 3.05. The first kappa shape index (κ1) is 15.3. The number of rotatable bonds is 4. The second-order valence-corrected chi connectivity index (χ2v) is 4.84. The lowest BCUT2D eigenvalue weighted by Crippen LogP contribution is -2.39. The first-order valence-corrected chi connectivity index (χ1v) is 6.22. The van der Waals surface area contributed by atoms with Crippen molar-refractivity contribution in [2.24, 2.45) is 18.0 Å². The molecule has 1 fully saturated rings. The van der Waals surface area contributed by atoms with Crippen molar-refractivity contribution in [3.8, 4) is 0 Å². The molecule has 0 aromatic carbocycles. The Kier molecular flexibility index (Phi) is 5.98. The fraction of sp³-hybridized carbons (Fsp3) is 0.615. The highest BCUT2D eigenvalue weighted by molar-refractivity contribution is 14.0. The van der Waals surface area contributed by atoms with Gasteiger partial charge >= 0.3 is 0 Å². The van der Waals surface area contributed by atoms with E-state index < -0.39 is 0 Å². The molecule has 0 saturated heterocycles. The van der Waals surface area contributed by atoms with Gasteiger partial charge in [0, 0.05) is 39.6 Å². The third kappa shape index (κ3) is 4.19. The summed E-state index contributed by atoms with van der Waals surface area (Å²) in [7, 11) is 6.00. The van der Waals surface area contributed by atoms with Crippen LogP contribution in [-0.4, -0.2) is 36.1 Å². The number of hydrogen-bond acceptors (Lipinski definition) is 1. The lowest BCUT2D eigenvalue weighted by Gasteiger charge is -2.22. The van der Waals surface area contributed by atoms with E-state index in [9.17, 15) is 0 Å². The van der Waals surface area contributed by atoms with Crippen LogP contribution in [0, 0.1) is 5.92 Å². The molecule has 0 bridgehead atoms. The molecule has 0 amide bonds. The third-order valence-electron chi connectivity index (χ3n) is 3.27. The molecule has 1 aliphatic rings. The Morgan fingerprint density at radius 1 is 1.56 bits per heavy atom. The van der Waals surface area contributed by atoms with Crippen LogP contribution in [0.15, 0.2) is 23.3 Å². The number of hydrogen-bond donors (Lipinski definition) is 1. The summed E-state index contributed by atoms with van der Waals surface area (Å²) in [6, 6.07) is 4.22. The summed E-state index contributed by atoms with van der Waals surface area (Å²) in [4.78, 5) is 6.48. The summed E-state index contributed by atoms with van der Waals surface area (Å²) in [6.07, 6.45) is 4.81. The van der Waals surface area contributed by atoms with E-state index in [0.717, 1.165) is 25.0 Å². The molecule has 102 valence electrons. The number of aromatic nitrogens is 1. The minimum atomic E-state index is 0. The van der Waals surface area contributed by atoms with Gasteiger partial charge in [0.25, 0.3) is 0 Å². The van der Waals surface area contributed by atoms with Crippen LogP contribution in [0.4, 0.5) is 0 Å². The summed E-state index contributed by atoms with van der Waals surface area (Å²) in [6.45, 7) is 1.94. The molecule has 5 heteroatoms. The molecule has 1 aliphatic carbocycles. The standard InChI is InChI=1S/C13H22N4.HI/c1-14-13(15-9-11-6-7-11)17(3)10-12-5-4-8-16(12)2;/h4-5,8,11H,6-7,9-10H2,1-3H3,(H,14,15);1H. The highest BCUT2D eigenvalue weighted by atomic mass is 127. The highest BCUT2D eigenvalue weighted by Gasteiger charge is 2.21. The molecule has 1 aromatic heterocycles. The van der Waals surface area contributed by atoms with Crippen LogP contribution in [0.1, 0.15) is 18.5 Å². The van der Waals surface area contributed by atoms with Crippen molar-refractivity contribution in [3.63, 3.8) is 0 Å². The molecule has 0 atom stereocenters. The van der Waals surface area contributed by atoms with Gasteiger partial charge in [0.15, 0.2) is 5.96 Å². The average molecular weight is 362 g/mol. The Hall–Kier alpha value is -0.720. The number of aryl methyl sites for hydroxylation is 1. The van der Waals surface area contributed by atoms with Crippen molar-refractivity contribution in [2.75, 3.05) is 20.6 Å². The maximum Gasteiger partial charge on any atom is 0.193 e. The molecule has 0 spiro atoms. The molecule has 1 N–H and O–H groups in total. The van der Waals surface area contributed by atoms with Gasteiger partial charge in [-0.2, -0.15) is 0 Å². The Labute approximate surface area is 126 Å². The van der Waals surface area contributed by atoms with E-state index in [1.54, 1.807) is 0 Å². The van der Waals surface area contributed by atoms with Crippen molar-refractivity contribution >= 4 is 29.9 Å². The summed E-state index contributed by atoms with van der Waals surface area (Å²) >= 11 is 0. The molecule has 0 aliphatic heterocycles. The van der Waals surface area contributed by atoms with Crippen molar-refractivity contribution in [2.45, 2.75) is 19.4 Å². The Morgan fingerprint density at radius 3 is 2.78 bits per heavy atom. The van der Waals surface area contributed by atoms with Crippen LogP contribution < -0.4 is 5.32 Å². The van der Waals surface area contributed by atoms with Gasteiger partial charge in [-0.05, 0) is 30.9 Å². The predicted molar refractivity (Wildman–Crippen MR) is 86.4 cm³/mol. The number of halogens is 1. The minimum Gasteiger partial charge on any atom is -0.356 e. The van der Waals surface area contributed by atoms with Gasteiger partial charge in [-0.3, -0.25) is 4.99 Å². The fourth-order valence-corrected chi connectivity index (χ4v) is 1.92. The van der Waals surface area contributed by atoms with E-state index in [1.807, 2.05) is 7.05 Å². The lowest BCUT2D eigenvalue weighted by molar-refractivity contribution is 0.460. The van der Waals surface area contributed by atoms with Crippen molar-refractivity contribution in [1.29, 1.82) is 0 Å². The number of aliphatic imine (C=N–C) groups is 1. The first-order valence-electron chi connectivity index (χ1n) is 6.22. The van der Waals surface area contributed by atoms with E-state index >= 15 is 0 Å². The maximum atomic E-state index is 4.32. The molecule has 0 radical (unpaired) electrons. The number of nitrogens with one attached hydrogen (secondary N) is 1. The van der Waals surface area contributed by atoms with Gasteiger partial charge in [-0.25, -0.2) is 0 Å². The monoisotopic (exact) mass is 362 g/mol. The topological polar surface area (TPSA) is 32.6 Å². The van der Waals surface area contributed by atoms with Crippen LogP contribution in [0.3, 0.4) is 0 Å². The summed E-state index contributed by atoms with van der Waals surface area (Å²) in [5, 5.41) is 3.43. The molecule has 1 heterocycles. The summed E-state index contributed by atoms with van der Waals surface area (Å²) < 4.78 is 2.14. The van der Waals surface area contributed by atoms with Gasteiger partial charge in [0.1, 0.15) is 0 Å². The molecule has 0 unspecified atom stereocenters. The second kappa shape index (κ2) is 7.01. The Balaban J connectivity index is 0.00000162. The van der Waals surface area contributed by atoms with Gasteiger partial charge in [0.05, 0.1) is 6.54 Å². The highest BCUT2D eigenvalue weighted by Crippen LogP contribution is 2.27. The molecular formula is C13H23IN4. The van der Waals surface area contributed by atoms with Gasteiger partial charge in [0.2, 0.25) is 0 Å².